The Kier molecular flexibility index (Phi) is 10.6. The number of methoxy groups -OCH3 is 3. The maximum Gasteiger partial charge on any atom is 0.249 e. The van der Waals surface area contributed by atoms with Gasteiger partial charge in [0.25, 0.3) is 0 Å². The number of rotatable bonds is 13. The Labute approximate surface area is 203 Å². The third-order valence-electron chi connectivity index (χ3n) is 5.56. The first-order chi connectivity index (χ1) is 16.2. The smallest absolute Gasteiger partial charge is 0.249 e. The molecule has 188 valence electrons. The third kappa shape index (κ3) is 8.18. The summed E-state index contributed by atoms with van der Waals surface area (Å²) in [6.45, 7) is 8.02. The van der Waals surface area contributed by atoms with Crippen LogP contribution in [0, 0.1) is 0 Å². The van der Waals surface area contributed by atoms with Gasteiger partial charge in [0.2, 0.25) is 11.8 Å². The zero-order valence-corrected chi connectivity index (χ0v) is 21.4. The summed E-state index contributed by atoms with van der Waals surface area (Å²) in [5.41, 5.74) is 1.70. The van der Waals surface area contributed by atoms with Gasteiger partial charge in [-0.05, 0) is 57.0 Å². The van der Waals surface area contributed by atoms with Crippen LogP contribution < -0.4 is 4.74 Å². The number of nitrogens with zero attached hydrogens (tertiary/aromatic N) is 3. The molecule has 0 radical (unpaired) electrons. The Hall–Kier alpha value is -2.84. The van der Waals surface area contributed by atoms with Crippen molar-refractivity contribution < 1.29 is 23.8 Å². The van der Waals surface area contributed by atoms with Crippen LogP contribution in [0.3, 0.4) is 0 Å². The lowest BCUT2D eigenvalue weighted by Crippen LogP contribution is -2.51. The van der Waals surface area contributed by atoms with Crippen molar-refractivity contribution in [3.63, 3.8) is 0 Å². The highest BCUT2D eigenvalue weighted by atomic mass is 16.5. The molecule has 2 aromatic rings. The van der Waals surface area contributed by atoms with Gasteiger partial charge in [0.05, 0.1) is 20.2 Å². The number of carbonyl (C=O) groups excluding carboxylic acids is 2. The zero-order chi connectivity index (χ0) is 25.1. The second kappa shape index (κ2) is 13.2. The number of hydrogen-bond donors (Lipinski definition) is 0. The Morgan fingerprint density at radius 1 is 1.00 bits per heavy atom. The average Bonchev–Trinajstić information content (AvgIpc) is 3.22. The fourth-order valence-corrected chi connectivity index (χ4v) is 3.73. The number of ether oxygens (including phenoxy) is 3. The SMILES string of the molecule is COCCCN(CC(=O)N(Cc1cccn1Cc1cccc(OC)c1)C(C)(C)C)C(=O)COC. The van der Waals surface area contributed by atoms with Crippen molar-refractivity contribution in [2.75, 3.05) is 47.6 Å². The molecule has 8 nitrogen and oxygen atoms in total. The molecule has 1 heterocycles. The molecule has 0 unspecified atom stereocenters. The fraction of sp³-hybridized carbons (Fsp3) is 0.538. The second-order valence-electron chi connectivity index (χ2n) is 9.22. The van der Waals surface area contributed by atoms with E-state index in [2.05, 4.69) is 10.6 Å². The molecule has 0 saturated carbocycles. The molecule has 1 aromatic carbocycles. The van der Waals surface area contributed by atoms with E-state index in [9.17, 15) is 9.59 Å². The van der Waals surface area contributed by atoms with Crippen LogP contribution in [-0.4, -0.2) is 79.4 Å². The molecular weight excluding hydrogens is 434 g/mol. The number of benzene rings is 1. The molecule has 2 rings (SSSR count). The van der Waals surface area contributed by atoms with E-state index < -0.39 is 5.54 Å². The van der Waals surface area contributed by atoms with Crippen LogP contribution in [0.15, 0.2) is 42.6 Å². The molecule has 0 N–H and O–H groups in total. The molecule has 0 spiro atoms. The summed E-state index contributed by atoms with van der Waals surface area (Å²) in [6.07, 6.45) is 2.66. The molecule has 0 aliphatic carbocycles. The van der Waals surface area contributed by atoms with Gasteiger partial charge in [-0.3, -0.25) is 9.59 Å². The van der Waals surface area contributed by atoms with E-state index >= 15 is 0 Å². The minimum atomic E-state index is -0.426. The van der Waals surface area contributed by atoms with Crippen LogP contribution in [-0.2, 0) is 32.2 Å². The lowest BCUT2D eigenvalue weighted by molar-refractivity contribution is -0.146. The van der Waals surface area contributed by atoms with E-state index in [1.54, 1.807) is 19.1 Å². The van der Waals surface area contributed by atoms with E-state index in [1.807, 2.05) is 62.2 Å². The van der Waals surface area contributed by atoms with Crippen molar-refractivity contribution in [3.8, 4) is 5.75 Å². The Balaban J connectivity index is 2.19. The number of hydrogen-bond acceptors (Lipinski definition) is 5. The molecule has 2 amide bonds. The molecule has 0 bridgehead atoms. The van der Waals surface area contributed by atoms with Crippen molar-refractivity contribution in [1.29, 1.82) is 0 Å². The van der Waals surface area contributed by atoms with Gasteiger partial charge < -0.3 is 28.6 Å². The minimum Gasteiger partial charge on any atom is -0.497 e. The van der Waals surface area contributed by atoms with E-state index in [0.29, 0.717) is 32.7 Å². The quantitative estimate of drug-likeness (QED) is 0.418. The monoisotopic (exact) mass is 473 g/mol. The van der Waals surface area contributed by atoms with E-state index in [1.165, 1.54) is 7.11 Å². The van der Waals surface area contributed by atoms with E-state index in [-0.39, 0.29) is 25.0 Å². The standard InChI is InChI=1S/C26H39N3O5/c1-26(2,3)29(24(30)19-28(14-9-15-32-4)25(31)20-33-5)18-22-11-8-13-27(22)17-21-10-7-12-23(16-21)34-6/h7-8,10-13,16H,9,14-15,17-20H2,1-6H3. The maximum atomic E-state index is 13.5. The molecule has 0 aliphatic rings. The van der Waals surface area contributed by atoms with Gasteiger partial charge in [-0.1, -0.05) is 12.1 Å². The zero-order valence-electron chi connectivity index (χ0n) is 21.4. The fourth-order valence-electron chi connectivity index (χ4n) is 3.73. The molecule has 0 saturated heterocycles. The van der Waals surface area contributed by atoms with Crippen LogP contribution in [0.5, 0.6) is 5.75 Å². The summed E-state index contributed by atoms with van der Waals surface area (Å²) in [7, 11) is 4.75. The summed E-state index contributed by atoms with van der Waals surface area (Å²) in [5.74, 6) is 0.498. The highest BCUT2D eigenvalue weighted by Crippen LogP contribution is 2.20. The predicted molar refractivity (Wildman–Crippen MR) is 132 cm³/mol. The lowest BCUT2D eigenvalue weighted by atomic mass is 10.1. The van der Waals surface area contributed by atoms with Gasteiger partial charge >= 0.3 is 0 Å². The molecule has 0 atom stereocenters. The second-order valence-corrected chi connectivity index (χ2v) is 9.22. The summed E-state index contributed by atoms with van der Waals surface area (Å²) in [4.78, 5) is 29.4. The van der Waals surface area contributed by atoms with Gasteiger partial charge in [-0.2, -0.15) is 0 Å². The highest BCUT2D eigenvalue weighted by Gasteiger charge is 2.29. The summed E-state index contributed by atoms with van der Waals surface area (Å²) in [6, 6.07) is 12.0. The van der Waals surface area contributed by atoms with Gasteiger partial charge in [-0.25, -0.2) is 0 Å². The summed E-state index contributed by atoms with van der Waals surface area (Å²) >= 11 is 0. The van der Waals surface area contributed by atoms with Crippen LogP contribution in [0.4, 0.5) is 0 Å². The first-order valence-electron chi connectivity index (χ1n) is 11.5. The van der Waals surface area contributed by atoms with Crippen LogP contribution in [0.2, 0.25) is 0 Å². The van der Waals surface area contributed by atoms with Crippen LogP contribution in [0.25, 0.3) is 0 Å². The molecule has 0 fully saturated rings. The average molecular weight is 474 g/mol. The van der Waals surface area contributed by atoms with Gasteiger partial charge in [0, 0.05) is 51.3 Å². The predicted octanol–water partition coefficient (Wildman–Crippen LogP) is 3.18. The Bertz CT molecular complexity index is 919. The van der Waals surface area contributed by atoms with E-state index in [4.69, 9.17) is 14.2 Å². The summed E-state index contributed by atoms with van der Waals surface area (Å²) in [5, 5.41) is 0. The third-order valence-corrected chi connectivity index (χ3v) is 5.56. The first-order valence-corrected chi connectivity index (χ1v) is 11.5. The van der Waals surface area contributed by atoms with Crippen molar-refractivity contribution in [3.05, 3.63) is 53.9 Å². The first kappa shape index (κ1) is 27.4. The molecule has 0 aliphatic heterocycles. The largest absolute Gasteiger partial charge is 0.497 e. The Morgan fingerprint density at radius 3 is 2.41 bits per heavy atom. The Morgan fingerprint density at radius 2 is 1.76 bits per heavy atom. The normalized spacial score (nSPS) is 11.4. The van der Waals surface area contributed by atoms with Crippen LogP contribution in [0.1, 0.15) is 38.4 Å². The van der Waals surface area contributed by atoms with Crippen LogP contribution >= 0.6 is 0 Å². The van der Waals surface area contributed by atoms with Gasteiger partial charge in [-0.15, -0.1) is 0 Å². The molecule has 1 aromatic heterocycles. The van der Waals surface area contributed by atoms with Gasteiger partial charge in [0.15, 0.2) is 0 Å². The van der Waals surface area contributed by atoms with Gasteiger partial charge in [0.1, 0.15) is 12.4 Å². The molecular formula is C26H39N3O5. The maximum absolute atomic E-state index is 13.5. The number of carbonyl (C=O) groups is 2. The topological polar surface area (TPSA) is 73.2 Å². The number of amides is 2. The molecule has 8 heteroatoms. The number of aromatic nitrogens is 1. The summed E-state index contributed by atoms with van der Waals surface area (Å²) < 4.78 is 17.6. The minimum absolute atomic E-state index is 0.000228. The highest BCUT2D eigenvalue weighted by molar-refractivity contribution is 5.85. The van der Waals surface area contributed by atoms with Crippen molar-refractivity contribution in [2.45, 2.75) is 45.8 Å². The van der Waals surface area contributed by atoms with E-state index in [0.717, 1.165) is 17.0 Å². The van der Waals surface area contributed by atoms with Crippen molar-refractivity contribution in [1.82, 2.24) is 14.4 Å². The van der Waals surface area contributed by atoms with Crippen molar-refractivity contribution in [2.24, 2.45) is 0 Å². The van der Waals surface area contributed by atoms with Crippen molar-refractivity contribution >= 4 is 11.8 Å². The lowest BCUT2D eigenvalue weighted by Gasteiger charge is -2.37. The molecule has 34 heavy (non-hydrogen) atoms.